The highest BCUT2D eigenvalue weighted by Crippen LogP contribution is 2.50. The summed E-state index contributed by atoms with van der Waals surface area (Å²) in [4.78, 5) is 15.5. The van der Waals surface area contributed by atoms with Gasteiger partial charge in [-0.1, -0.05) is 63.2 Å². The van der Waals surface area contributed by atoms with Gasteiger partial charge in [-0.15, -0.1) is 0 Å². The van der Waals surface area contributed by atoms with Crippen molar-refractivity contribution in [3.05, 3.63) is 65.7 Å². The molecule has 0 aromatic heterocycles. The van der Waals surface area contributed by atoms with Crippen molar-refractivity contribution in [1.82, 2.24) is 4.90 Å². The fourth-order valence-electron chi connectivity index (χ4n) is 5.40. The van der Waals surface area contributed by atoms with E-state index in [0.717, 1.165) is 29.7 Å². The van der Waals surface area contributed by atoms with Gasteiger partial charge in [0.05, 0.1) is 12.1 Å². The predicted molar refractivity (Wildman–Crippen MR) is 140 cm³/mol. The van der Waals surface area contributed by atoms with E-state index < -0.39 is 13.9 Å². The van der Waals surface area contributed by atoms with Crippen LogP contribution in [0.3, 0.4) is 0 Å². The lowest BCUT2D eigenvalue weighted by Crippen LogP contribution is -2.58. The van der Waals surface area contributed by atoms with Gasteiger partial charge in [0.15, 0.2) is 8.32 Å². The topological polar surface area (TPSA) is 64.8 Å². The van der Waals surface area contributed by atoms with E-state index in [2.05, 4.69) is 70.3 Å². The first-order valence-corrected chi connectivity index (χ1v) is 15.3. The highest BCUT2D eigenvalue weighted by molar-refractivity contribution is 6.74. The zero-order valence-corrected chi connectivity index (χ0v) is 22.7. The number of hydrogen-bond acceptors (Lipinski definition) is 4. The minimum atomic E-state index is -2.11. The zero-order valence-electron chi connectivity index (χ0n) is 21.7. The third-order valence-corrected chi connectivity index (χ3v) is 12.6. The minimum Gasteiger partial charge on any atom is -0.443 e. The summed E-state index contributed by atoms with van der Waals surface area (Å²) in [5.41, 5.74) is 8.38. The molecule has 0 saturated carbocycles. The van der Waals surface area contributed by atoms with E-state index in [-0.39, 0.29) is 35.2 Å². The molecule has 2 aliphatic rings. The average Bonchev–Trinajstić information content (AvgIpc) is 3.17. The molecule has 0 radical (unpaired) electrons. The monoisotopic (exact) mass is 480 g/mol. The summed E-state index contributed by atoms with van der Waals surface area (Å²) in [5, 5.41) is 0.0644. The van der Waals surface area contributed by atoms with Crippen LogP contribution in [0.25, 0.3) is 0 Å². The van der Waals surface area contributed by atoms with E-state index in [4.69, 9.17) is 14.9 Å². The number of anilines is 1. The van der Waals surface area contributed by atoms with Crippen LogP contribution in [0.2, 0.25) is 18.1 Å². The molecule has 2 N–H and O–H groups in total. The van der Waals surface area contributed by atoms with Crippen LogP contribution in [0.15, 0.2) is 54.6 Å². The molecular formula is C28H40N2O3Si. The average molecular weight is 481 g/mol. The molecule has 0 aliphatic carbocycles. The lowest BCUT2D eigenvalue weighted by Gasteiger charge is -2.49. The van der Waals surface area contributed by atoms with Gasteiger partial charge >= 0.3 is 6.09 Å². The van der Waals surface area contributed by atoms with Crippen molar-refractivity contribution >= 4 is 20.1 Å². The maximum atomic E-state index is 13.5. The van der Waals surface area contributed by atoms with Gasteiger partial charge in [0, 0.05) is 17.6 Å². The van der Waals surface area contributed by atoms with Gasteiger partial charge < -0.3 is 14.9 Å². The Morgan fingerprint density at radius 3 is 2.26 bits per heavy atom. The van der Waals surface area contributed by atoms with Gasteiger partial charge in [-0.2, -0.15) is 0 Å². The fourth-order valence-corrected chi connectivity index (χ4v) is 6.68. The molecule has 2 saturated heterocycles. The Morgan fingerprint density at radius 1 is 1.06 bits per heavy atom. The first kappa shape index (κ1) is 24.8. The molecule has 2 fully saturated rings. The molecule has 2 aromatic rings. The number of nitrogens with zero attached hydrogens (tertiary/aromatic N) is 1. The number of fused-ring (bicyclic) bond motifs is 1. The smallest absolute Gasteiger partial charge is 0.410 e. The number of hydrogen-bond donors (Lipinski definition) is 1. The highest BCUT2D eigenvalue weighted by atomic mass is 28.4. The summed E-state index contributed by atoms with van der Waals surface area (Å²) < 4.78 is 13.2. The Hall–Kier alpha value is -2.31. The van der Waals surface area contributed by atoms with Crippen molar-refractivity contribution in [2.75, 3.05) is 5.73 Å². The van der Waals surface area contributed by atoms with E-state index in [1.165, 1.54) is 0 Å². The van der Waals surface area contributed by atoms with Gasteiger partial charge in [0.25, 0.3) is 0 Å². The van der Waals surface area contributed by atoms with Crippen LogP contribution in [0, 0.1) is 0 Å². The van der Waals surface area contributed by atoms with Crippen LogP contribution in [-0.4, -0.2) is 37.0 Å². The molecule has 4 rings (SSSR count). The Balaban J connectivity index is 1.73. The van der Waals surface area contributed by atoms with Gasteiger partial charge in [-0.25, -0.2) is 4.79 Å². The summed E-state index contributed by atoms with van der Waals surface area (Å²) in [5.74, 6) is 0.0556. The van der Waals surface area contributed by atoms with Crippen molar-refractivity contribution in [2.45, 2.75) is 95.3 Å². The Labute approximate surface area is 205 Å². The lowest BCUT2D eigenvalue weighted by atomic mass is 9.77. The van der Waals surface area contributed by atoms with Gasteiger partial charge in [-0.3, -0.25) is 4.90 Å². The summed E-state index contributed by atoms with van der Waals surface area (Å²) >= 11 is 0. The van der Waals surface area contributed by atoms with Crippen molar-refractivity contribution < 1.29 is 14.0 Å². The van der Waals surface area contributed by atoms with E-state index in [9.17, 15) is 4.79 Å². The van der Waals surface area contributed by atoms with Gasteiger partial charge in [0.2, 0.25) is 0 Å². The molecule has 0 spiro atoms. The molecule has 4 atom stereocenters. The van der Waals surface area contributed by atoms with Crippen molar-refractivity contribution in [2.24, 2.45) is 0 Å². The van der Waals surface area contributed by atoms with E-state index in [1.54, 1.807) is 0 Å². The third kappa shape index (κ3) is 4.50. The second kappa shape index (κ2) is 8.72. The third-order valence-electron chi connectivity index (χ3n) is 8.17. The lowest BCUT2D eigenvalue weighted by molar-refractivity contribution is -0.0739. The second-order valence-corrected chi connectivity index (χ2v) is 16.7. The predicted octanol–water partition coefficient (Wildman–Crippen LogP) is 6.88. The van der Waals surface area contributed by atoms with Crippen LogP contribution in [0.4, 0.5) is 10.5 Å². The molecule has 5 nitrogen and oxygen atoms in total. The molecular weight excluding hydrogens is 440 g/mol. The second-order valence-electron chi connectivity index (χ2n) is 11.9. The standard InChI is InChI=1S/C28H40N2O3Si/c1-27(2,3)34(6,7)33-25(20-11-9-8-10-12-20)23-18-17-22-24(19-13-15-21(29)16-14-19)28(4,5)32-26(31)30(22)23/h8-16,22-25H,17-18,29H2,1-7H3/t22-,23-,24?,25-/m1/s1. The maximum absolute atomic E-state index is 13.5. The van der Waals surface area contributed by atoms with Crippen molar-refractivity contribution in [1.29, 1.82) is 0 Å². The highest BCUT2D eigenvalue weighted by Gasteiger charge is 2.56. The molecule has 6 heteroatoms. The molecule has 184 valence electrons. The number of nitrogen functional groups attached to an aromatic ring is 1. The number of cyclic esters (lactones) is 1. The summed E-state index contributed by atoms with van der Waals surface area (Å²) in [6.45, 7) is 15.4. The number of rotatable bonds is 5. The van der Waals surface area contributed by atoms with Gasteiger partial charge in [0.1, 0.15) is 5.60 Å². The number of carbonyl (C=O) groups excluding carboxylic acids is 1. The number of amides is 1. The molecule has 0 bridgehead atoms. The first-order chi connectivity index (χ1) is 15.8. The summed E-state index contributed by atoms with van der Waals surface area (Å²) in [6, 6.07) is 18.4. The van der Waals surface area contributed by atoms with Crippen LogP contribution in [0.5, 0.6) is 0 Å². The van der Waals surface area contributed by atoms with Gasteiger partial charge in [-0.05, 0) is 68.1 Å². The SMILES string of the molecule is CC1(C)OC(=O)N2[C@H](CC[C@@H]2[C@H](O[Si](C)(C)C(C)(C)C)c2ccccc2)C1c1ccc(N)cc1. The molecule has 2 aliphatic heterocycles. The zero-order chi connectivity index (χ0) is 24.9. The number of ether oxygens (including phenoxy) is 1. The van der Waals surface area contributed by atoms with Crippen molar-refractivity contribution in [3.8, 4) is 0 Å². The fraction of sp³-hybridized carbons (Fsp3) is 0.536. The molecule has 2 heterocycles. The Morgan fingerprint density at radius 2 is 1.68 bits per heavy atom. The number of benzene rings is 2. The quantitative estimate of drug-likeness (QED) is 0.374. The largest absolute Gasteiger partial charge is 0.443 e. The van der Waals surface area contributed by atoms with Crippen LogP contribution >= 0.6 is 0 Å². The summed E-state index contributed by atoms with van der Waals surface area (Å²) in [6.07, 6.45) is 1.38. The Bertz CT molecular complexity index is 1010. The molecule has 34 heavy (non-hydrogen) atoms. The summed E-state index contributed by atoms with van der Waals surface area (Å²) in [7, 11) is -2.11. The Kier molecular flexibility index (Phi) is 6.36. The maximum Gasteiger partial charge on any atom is 0.410 e. The molecule has 1 amide bonds. The van der Waals surface area contributed by atoms with E-state index >= 15 is 0 Å². The normalized spacial score (nSPS) is 25.6. The molecule has 1 unspecified atom stereocenters. The molecule has 2 aromatic carbocycles. The van der Waals surface area contributed by atoms with E-state index in [0.29, 0.717) is 0 Å². The first-order valence-electron chi connectivity index (χ1n) is 12.4. The van der Waals surface area contributed by atoms with Crippen molar-refractivity contribution in [3.63, 3.8) is 0 Å². The number of nitrogens with two attached hydrogens (primary N) is 1. The van der Waals surface area contributed by atoms with Crippen LogP contribution in [0.1, 0.15) is 70.6 Å². The van der Waals surface area contributed by atoms with Crippen LogP contribution < -0.4 is 5.73 Å². The van der Waals surface area contributed by atoms with Crippen LogP contribution in [-0.2, 0) is 9.16 Å². The minimum absolute atomic E-state index is 0.0547. The van der Waals surface area contributed by atoms with E-state index in [1.807, 2.05) is 36.9 Å². The number of carbonyl (C=O) groups is 1.